The lowest BCUT2D eigenvalue weighted by atomic mass is 10.0. The van der Waals surface area contributed by atoms with Crippen molar-refractivity contribution in [3.8, 4) is 11.4 Å². The van der Waals surface area contributed by atoms with E-state index in [-0.39, 0.29) is 0 Å². The molecule has 0 aliphatic heterocycles. The maximum absolute atomic E-state index is 5.66. The Morgan fingerprint density at radius 2 is 1.10 bits per heavy atom. The lowest BCUT2D eigenvalue weighted by Gasteiger charge is -2.10. The monoisotopic (exact) mass is 499 g/mol. The van der Waals surface area contributed by atoms with Crippen LogP contribution < -0.4 is 0 Å². The van der Waals surface area contributed by atoms with E-state index < -0.39 is 0 Å². The minimum atomic E-state index is 0.785. The van der Waals surface area contributed by atoms with Gasteiger partial charge in [0, 0.05) is 27.2 Å². The van der Waals surface area contributed by atoms with Crippen molar-refractivity contribution in [1.82, 2.24) is 14.1 Å². The van der Waals surface area contributed by atoms with Crippen LogP contribution in [0.2, 0.25) is 0 Å². The minimum Gasteiger partial charge on any atom is -0.443 e. The molecule has 0 aliphatic rings. The van der Waals surface area contributed by atoms with Crippen molar-refractivity contribution in [3.05, 3.63) is 128 Å². The van der Waals surface area contributed by atoms with Crippen LogP contribution in [-0.4, -0.2) is 14.1 Å². The molecule has 9 aromatic rings. The highest BCUT2D eigenvalue weighted by Gasteiger charge is 2.18. The Bertz CT molecular complexity index is 2390. The highest BCUT2D eigenvalue weighted by atomic mass is 16.3. The predicted molar refractivity (Wildman–Crippen MR) is 160 cm³/mol. The summed E-state index contributed by atoms with van der Waals surface area (Å²) in [6, 6.07) is 43.4. The van der Waals surface area contributed by atoms with Crippen LogP contribution in [-0.2, 0) is 0 Å². The number of benzene rings is 6. The third-order valence-corrected chi connectivity index (χ3v) is 8.02. The standard InChI is InChI=1S/C35H21N3O/c1-2-9-24(10-3-1)37-29-13-6-4-11-25(29)27-17-22-18-28-26-12-5-7-14-30(26)38(33(28)20-23(22)19-32(27)37)31-15-8-16-34-35(31)36-21-39-34/h1-21H. The maximum atomic E-state index is 5.66. The van der Waals surface area contributed by atoms with Crippen molar-refractivity contribution in [2.45, 2.75) is 0 Å². The Morgan fingerprint density at radius 3 is 1.85 bits per heavy atom. The van der Waals surface area contributed by atoms with Gasteiger partial charge >= 0.3 is 0 Å². The lowest BCUT2D eigenvalue weighted by Crippen LogP contribution is -1.95. The van der Waals surface area contributed by atoms with Crippen molar-refractivity contribution in [2.75, 3.05) is 0 Å². The summed E-state index contributed by atoms with van der Waals surface area (Å²) < 4.78 is 10.4. The Labute approximate surface area is 222 Å². The lowest BCUT2D eigenvalue weighted by molar-refractivity contribution is 0.602. The van der Waals surface area contributed by atoms with Crippen LogP contribution in [0, 0.1) is 0 Å². The molecule has 0 fully saturated rings. The van der Waals surface area contributed by atoms with Crippen LogP contribution in [0.4, 0.5) is 0 Å². The second kappa shape index (κ2) is 7.59. The van der Waals surface area contributed by atoms with E-state index in [1.807, 2.05) is 12.1 Å². The number of hydrogen-bond acceptors (Lipinski definition) is 2. The van der Waals surface area contributed by atoms with Crippen LogP contribution in [0.5, 0.6) is 0 Å². The zero-order valence-corrected chi connectivity index (χ0v) is 20.9. The van der Waals surface area contributed by atoms with Gasteiger partial charge in [-0.1, -0.05) is 60.7 Å². The summed E-state index contributed by atoms with van der Waals surface area (Å²) in [5.74, 6) is 0. The van der Waals surface area contributed by atoms with Crippen molar-refractivity contribution < 1.29 is 4.42 Å². The largest absolute Gasteiger partial charge is 0.443 e. The maximum Gasteiger partial charge on any atom is 0.182 e. The number of oxazole rings is 1. The highest BCUT2D eigenvalue weighted by molar-refractivity contribution is 6.18. The fourth-order valence-electron chi connectivity index (χ4n) is 6.35. The smallest absolute Gasteiger partial charge is 0.182 e. The summed E-state index contributed by atoms with van der Waals surface area (Å²) in [6.45, 7) is 0. The van der Waals surface area contributed by atoms with Gasteiger partial charge in [-0.15, -0.1) is 0 Å². The van der Waals surface area contributed by atoms with E-state index in [0.717, 1.165) is 33.5 Å². The molecule has 0 amide bonds. The van der Waals surface area contributed by atoms with Crippen LogP contribution >= 0.6 is 0 Å². The molecular formula is C35H21N3O. The molecule has 0 spiro atoms. The first-order valence-electron chi connectivity index (χ1n) is 13.1. The number of para-hydroxylation sites is 4. The molecular weight excluding hydrogens is 478 g/mol. The second-order valence-electron chi connectivity index (χ2n) is 10.1. The summed E-state index contributed by atoms with van der Waals surface area (Å²) in [5, 5.41) is 7.40. The molecule has 182 valence electrons. The van der Waals surface area contributed by atoms with E-state index in [0.29, 0.717) is 0 Å². The third-order valence-electron chi connectivity index (χ3n) is 8.02. The van der Waals surface area contributed by atoms with Gasteiger partial charge in [-0.25, -0.2) is 4.98 Å². The molecule has 0 atom stereocenters. The van der Waals surface area contributed by atoms with Crippen molar-refractivity contribution in [3.63, 3.8) is 0 Å². The van der Waals surface area contributed by atoms with Gasteiger partial charge in [0.1, 0.15) is 5.52 Å². The van der Waals surface area contributed by atoms with E-state index in [4.69, 9.17) is 4.42 Å². The number of hydrogen-bond donors (Lipinski definition) is 0. The second-order valence-corrected chi connectivity index (χ2v) is 10.1. The number of fused-ring (bicyclic) bond motifs is 8. The van der Waals surface area contributed by atoms with E-state index in [1.54, 1.807) is 0 Å². The molecule has 3 aromatic heterocycles. The molecule has 0 bridgehead atoms. The molecule has 4 heteroatoms. The molecule has 4 nitrogen and oxygen atoms in total. The summed E-state index contributed by atoms with van der Waals surface area (Å²) >= 11 is 0. The Hall–Kier alpha value is -5.35. The zero-order chi connectivity index (χ0) is 25.5. The first-order valence-corrected chi connectivity index (χ1v) is 13.1. The van der Waals surface area contributed by atoms with Crippen LogP contribution in [0.25, 0.3) is 76.9 Å². The molecule has 0 N–H and O–H groups in total. The van der Waals surface area contributed by atoms with E-state index >= 15 is 0 Å². The summed E-state index contributed by atoms with van der Waals surface area (Å²) in [5.41, 5.74) is 8.56. The molecule has 0 saturated heterocycles. The van der Waals surface area contributed by atoms with Crippen LogP contribution in [0.1, 0.15) is 0 Å². The number of nitrogens with zero attached hydrogens (tertiary/aromatic N) is 3. The average Bonchev–Trinajstić information content (AvgIpc) is 3.68. The molecule has 0 saturated carbocycles. The molecule has 0 aliphatic carbocycles. The molecule has 39 heavy (non-hydrogen) atoms. The Balaban J connectivity index is 1.44. The Kier molecular flexibility index (Phi) is 4.02. The first kappa shape index (κ1) is 20.7. The molecule has 6 aromatic carbocycles. The zero-order valence-electron chi connectivity index (χ0n) is 20.9. The molecule has 0 radical (unpaired) electrons. The van der Waals surface area contributed by atoms with Gasteiger partial charge in [0.25, 0.3) is 0 Å². The van der Waals surface area contributed by atoms with Gasteiger partial charge in [0.15, 0.2) is 12.0 Å². The first-order chi connectivity index (χ1) is 19.3. The van der Waals surface area contributed by atoms with Crippen molar-refractivity contribution >= 4 is 65.5 Å². The number of aromatic nitrogens is 3. The third kappa shape index (κ3) is 2.80. The van der Waals surface area contributed by atoms with Gasteiger partial charge in [0.2, 0.25) is 0 Å². The van der Waals surface area contributed by atoms with Gasteiger partial charge in [0.05, 0.1) is 27.8 Å². The van der Waals surface area contributed by atoms with E-state index in [2.05, 4.69) is 123 Å². The highest BCUT2D eigenvalue weighted by Crippen LogP contribution is 2.39. The summed E-state index contributed by atoms with van der Waals surface area (Å²) in [4.78, 5) is 4.57. The van der Waals surface area contributed by atoms with Crippen LogP contribution in [0.3, 0.4) is 0 Å². The normalized spacial score (nSPS) is 12.1. The average molecular weight is 500 g/mol. The number of rotatable bonds is 2. The summed E-state index contributed by atoms with van der Waals surface area (Å²) in [6.07, 6.45) is 1.52. The molecule has 0 unspecified atom stereocenters. The fraction of sp³-hybridized carbons (Fsp3) is 0. The molecule has 9 rings (SSSR count). The quantitative estimate of drug-likeness (QED) is 0.238. The van der Waals surface area contributed by atoms with E-state index in [9.17, 15) is 0 Å². The van der Waals surface area contributed by atoms with Crippen LogP contribution in [0.15, 0.2) is 132 Å². The van der Waals surface area contributed by atoms with Gasteiger partial charge in [-0.2, -0.15) is 0 Å². The Morgan fingerprint density at radius 1 is 0.487 bits per heavy atom. The fourth-order valence-corrected chi connectivity index (χ4v) is 6.35. The topological polar surface area (TPSA) is 35.9 Å². The van der Waals surface area contributed by atoms with Gasteiger partial charge in [-0.05, 0) is 71.4 Å². The predicted octanol–water partition coefficient (Wildman–Crippen LogP) is 9.18. The summed E-state index contributed by atoms with van der Waals surface area (Å²) in [7, 11) is 0. The molecule has 3 heterocycles. The van der Waals surface area contributed by atoms with E-state index in [1.165, 1.54) is 49.7 Å². The van der Waals surface area contributed by atoms with Gasteiger partial charge < -0.3 is 13.6 Å². The van der Waals surface area contributed by atoms with Crippen molar-refractivity contribution in [1.29, 1.82) is 0 Å². The SMILES string of the molecule is c1ccc(-n2c3ccccc3c3cc4cc5c6ccccc6n(-c6cccc7ocnc67)c5cc4cc32)cc1. The van der Waals surface area contributed by atoms with Crippen molar-refractivity contribution in [2.24, 2.45) is 0 Å². The minimum absolute atomic E-state index is 0.785. The van der Waals surface area contributed by atoms with Gasteiger partial charge in [-0.3, -0.25) is 0 Å².